The van der Waals surface area contributed by atoms with Crippen LogP contribution < -0.4 is 0 Å². The highest BCUT2D eigenvalue weighted by molar-refractivity contribution is 5.89. The van der Waals surface area contributed by atoms with Crippen LogP contribution in [0.15, 0.2) is 48.5 Å². The Labute approximate surface area is 182 Å². The van der Waals surface area contributed by atoms with E-state index < -0.39 is 17.0 Å². The second-order valence-electron chi connectivity index (χ2n) is 8.76. The maximum absolute atomic E-state index is 14.0. The van der Waals surface area contributed by atoms with E-state index in [1.165, 1.54) is 42.8 Å². The molecule has 0 spiro atoms. The molecule has 0 aromatic heterocycles. The van der Waals surface area contributed by atoms with Crippen LogP contribution in [0.3, 0.4) is 0 Å². The quantitative estimate of drug-likeness (QED) is 0.314. The first kappa shape index (κ1) is 22.9. The van der Waals surface area contributed by atoms with Crippen LogP contribution in [0.4, 0.5) is 10.1 Å². The van der Waals surface area contributed by atoms with Crippen LogP contribution in [0.1, 0.15) is 60.6 Å². The third-order valence-corrected chi connectivity index (χ3v) is 5.97. The minimum Gasteiger partial charge on any atom is -0.454 e. The Kier molecular flexibility index (Phi) is 7.38. The molecule has 1 aliphatic carbocycles. The molecule has 0 unspecified atom stereocenters. The summed E-state index contributed by atoms with van der Waals surface area (Å²) >= 11 is 0. The van der Waals surface area contributed by atoms with E-state index in [9.17, 15) is 19.3 Å². The van der Waals surface area contributed by atoms with Crippen LogP contribution >= 0.6 is 0 Å². The van der Waals surface area contributed by atoms with Gasteiger partial charge in [0.15, 0.2) is 0 Å². The SMILES string of the molecule is CN(C)CC1(C[C@@H](OC(=O)c2ccc([N+](=O)[O-])cc2)c2cccc(F)c2)CCCCC1. The van der Waals surface area contributed by atoms with Crippen LogP contribution in [0, 0.1) is 21.3 Å². The fraction of sp³-hybridized carbons (Fsp3) is 0.458. The Balaban J connectivity index is 1.87. The summed E-state index contributed by atoms with van der Waals surface area (Å²) in [6.45, 7) is 0.869. The zero-order valence-corrected chi connectivity index (χ0v) is 18.1. The van der Waals surface area contributed by atoms with Crippen molar-refractivity contribution in [2.24, 2.45) is 5.41 Å². The fourth-order valence-electron chi connectivity index (χ4n) is 4.64. The lowest BCUT2D eigenvalue weighted by Gasteiger charge is -2.41. The smallest absolute Gasteiger partial charge is 0.338 e. The first-order chi connectivity index (χ1) is 14.8. The molecule has 2 aromatic rings. The average molecular weight is 429 g/mol. The van der Waals surface area contributed by atoms with Crippen LogP contribution in [0.5, 0.6) is 0 Å². The van der Waals surface area contributed by atoms with Gasteiger partial charge in [-0.15, -0.1) is 0 Å². The molecule has 0 saturated heterocycles. The number of hydrogen-bond acceptors (Lipinski definition) is 5. The highest BCUT2D eigenvalue weighted by Gasteiger charge is 2.37. The first-order valence-electron chi connectivity index (χ1n) is 10.6. The molecule has 31 heavy (non-hydrogen) atoms. The third kappa shape index (κ3) is 6.10. The number of non-ortho nitro benzene ring substituents is 1. The molecule has 1 saturated carbocycles. The number of rotatable bonds is 8. The largest absolute Gasteiger partial charge is 0.454 e. The van der Waals surface area contributed by atoms with E-state index in [0.717, 1.165) is 32.2 Å². The van der Waals surface area contributed by atoms with Gasteiger partial charge in [-0.2, -0.15) is 0 Å². The Bertz CT molecular complexity index is 908. The molecule has 0 heterocycles. The first-order valence-corrected chi connectivity index (χ1v) is 10.6. The molecule has 3 rings (SSSR count). The summed E-state index contributed by atoms with van der Waals surface area (Å²) in [7, 11) is 4.08. The molecule has 1 aliphatic rings. The standard InChI is InChI=1S/C24H29FN2O4/c1-26(2)17-24(13-4-3-5-14-24)16-22(19-7-6-8-20(25)15-19)31-23(28)18-9-11-21(12-10-18)27(29)30/h6-12,15,22H,3-5,13-14,16-17H2,1-2H3/t22-/m1/s1. The van der Waals surface area contributed by atoms with Crippen molar-refractivity contribution in [3.05, 3.63) is 75.6 Å². The fourth-order valence-corrected chi connectivity index (χ4v) is 4.64. The number of esters is 1. The molecule has 0 radical (unpaired) electrons. The minimum atomic E-state index is -0.601. The van der Waals surface area contributed by atoms with Crippen LogP contribution in [0.2, 0.25) is 0 Å². The normalized spacial score (nSPS) is 16.6. The van der Waals surface area contributed by atoms with Gasteiger partial charge < -0.3 is 9.64 Å². The number of carbonyl (C=O) groups is 1. The van der Waals surface area contributed by atoms with Crippen molar-refractivity contribution in [1.29, 1.82) is 0 Å². The van der Waals surface area contributed by atoms with E-state index in [4.69, 9.17) is 4.74 Å². The van der Waals surface area contributed by atoms with Crippen molar-refractivity contribution >= 4 is 11.7 Å². The predicted octanol–water partition coefficient (Wildman–Crippen LogP) is 5.53. The van der Waals surface area contributed by atoms with Crippen LogP contribution in [0.25, 0.3) is 0 Å². The van der Waals surface area contributed by atoms with Crippen LogP contribution in [-0.4, -0.2) is 36.4 Å². The third-order valence-electron chi connectivity index (χ3n) is 5.97. The van der Waals surface area contributed by atoms with Crippen LogP contribution in [-0.2, 0) is 4.74 Å². The Morgan fingerprint density at radius 2 is 1.84 bits per heavy atom. The number of hydrogen-bond donors (Lipinski definition) is 0. The van der Waals surface area contributed by atoms with E-state index in [-0.39, 0.29) is 22.5 Å². The molecular formula is C24H29FN2O4. The molecule has 1 fully saturated rings. The highest BCUT2D eigenvalue weighted by Crippen LogP contribution is 2.44. The molecule has 0 aliphatic heterocycles. The van der Waals surface area contributed by atoms with Gasteiger partial charge in [0.1, 0.15) is 11.9 Å². The predicted molar refractivity (Wildman–Crippen MR) is 116 cm³/mol. The zero-order chi connectivity index (χ0) is 22.4. The Morgan fingerprint density at radius 3 is 2.42 bits per heavy atom. The van der Waals surface area contributed by atoms with Gasteiger partial charge in [-0.25, -0.2) is 9.18 Å². The summed E-state index contributed by atoms with van der Waals surface area (Å²) in [4.78, 5) is 25.4. The number of nitro benzene ring substituents is 1. The second kappa shape index (κ2) is 10.0. The topological polar surface area (TPSA) is 72.7 Å². The number of halogens is 1. The molecule has 0 amide bonds. The molecule has 0 bridgehead atoms. The van der Waals surface area contributed by atoms with Crippen molar-refractivity contribution in [2.45, 2.75) is 44.6 Å². The molecule has 6 nitrogen and oxygen atoms in total. The van der Waals surface area contributed by atoms with Gasteiger partial charge in [0, 0.05) is 18.7 Å². The van der Waals surface area contributed by atoms with Gasteiger partial charge in [-0.05, 0) is 68.6 Å². The number of nitro groups is 1. The molecule has 7 heteroatoms. The summed E-state index contributed by atoms with van der Waals surface area (Å²) in [6.07, 6.45) is 5.52. The van der Waals surface area contributed by atoms with Gasteiger partial charge in [0.2, 0.25) is 0 Å². The van der Waals surface area contributed by atoms with Gasteiger partial charge in [-0.3, -0.25) is 10.1 Å². The average Bonchev–Trinajstić information content (AvgIpc) is 2.73. The lowest BCUT2D eigenvalue weighted by Crippen LogP contribution is -2.37. The molecular weight excluding hydrogens is 399 g/mol. The van der Waals surface area contributed by atoms with Crippen molar-refractivity contribution < 1.29 is 18.8 Å². The summed E-state index contributed by atoms with van der Waals surface area (Å²) < 4.78 is 19.9. The molecule has 166 valence electrons. The van der Waals surface area contributed by atoms with Crippen molar-refractivity contribution in [1.82, 2.24) is 4.90 Å². The Morgan fingerprint density at radius 1 is 1.16 bits per heavy atom. The summed E-state index contributed by atoms with van der Waals surface area (Å²) in [6, 6.07) is 11.5. The van der Waals surface area contributed by atoms with E-state index in [0.29, 0.717) is 12.0 Å². The number of benzene rings is 2. The summed E-state index contributed by atoms with van der Waals surface area (Å²) in [5.41, 5.74) is 0.746. The lowest BCUT2D eigenvalue weighted by atomic mass is 9.69. The summed E-state index contributed by atoms with van der Waals surface area (Å²) in [5.74, 6) is -0.945. The van der Waals surface area contributed by atoms with Crippen molar-refractivity contribution in [3.8, 4) is 0 Å². The number of ether oxygens (including phenoxy) is 1. The molecule has 0 N–H and O–H groups in total. The number of nitrogens with zero attached hydrogens (tertiary/aromatic N) is 2. The van der Waals surface area contributed by atoms with Crippen molar-refractivity contribution in [3.63, 3.8) is 0 Å². The number of carbonyl (C=O) groups excluding carboxylic acids is 1. The van der Waals surface area contributed by atoms with Gasteiger partial charge in [-0.1, -0.05) is 31.4 Å². The van der Waals surface area contributed by atoms with E-state index in [2.05, 4.69) is 4.90 Å². The molecule has 2 aromatic carbocycles. The van der Waals surface area contributed by atoms with Gasteiger partial charge in [0.25, 0.3) is 5.69 Å². The van der Waals surface area contributed by atoms with Gasteiger partial charge >= 0.3 is 5.97 Å². The zero-order valence-electron chi connectivity index (χ0n) is 18.1. The van der Waals surface area contributed by atoms with Gasteiger partial charge in [0.05, 0.1) is 10.5 Å². The van der Waals surface area contributed by atoms with E-state index >= 15 is 0 Å². The highest BCUT2D eigenvalue weighted by atomic mass is 19.1. The van der Waals surface area contributed by atoms with Crippen molar-refractivity contribution in [2.75, 3.05) is 20.6 Å². The molecule has 1 atom stereocenters. The monoisotopic (exact) mass is 428 g/mol. The maximum atomic E-state index is 14.0. The minimum absolute atomic E-state index is 0.0194. The van der Waals surface area contributed by atoms with E-state index in [1.807, 2.05) is 14.1 Å². The van der Waals surface area contributed by atoms with E-state index in [1.54, 1.807) is 12.1 Å². The maximum Gasteiger partial charge on any atom is 0.338 e. The summed E-state index contributed by atoms with van der Waals surface area (Å²) in [5, 5.41) is 10.9. The second-order valence-corrected chi connectivity index (χ2v) is 8.76. The Hall–Kier alpha value is -2.80. The lowest BCUT2D eigenvalue weighted by molar-refractivity contribution is -0.384.